The van der Waals surface area contributed by atoms with E-state index >= 15 is 0 Å². The lowest BCUT2D eigenvalue weighted by molar-refractivity contribution is -0.149. The summed E-state index contributed by atoms with van der Waals surface area (Å²) in [5.74, 6) is -0.269. The van der Waals surface area contributed by atoms with E-state index in [2.05, 4.69) is 10.6 Å². The zero-order chi connectivity index (χ0) is 26.8. The highest BCUT2D eigenvalue weighted by Gasteiger charge is 2.18. The van der Waals surface area contributed by atoms with E-state index < -0.39 is 21.9 Å². The minimum absolute atomic E-state index is 0.180. The summed E-state index contributed by atoms with van der Waals surface area (Å²) in [6.07, 6.45) is 1.29. The zero-order valence-corrected chi connectivity index (χ0v) is 22.3. The van der Waals surface area contributed by atoms with E-state index in [0.29, 0.717) is 37.5 Å². The second-order valence-electron chi connectivity index (χ2n) is 8.27. The van der Waals surface area contributed by atoms with Gasteiger partial charge in [0.15, 0.2) is 21.1 Å². The molecule has 1 unspecified atom stereocenters. The van der Waals surface area contributed by atoms with Gasteiger partial charge in [0.25, 0.3) is 0 Å². The summed E-state index contributed by atoms with van der Waals surface area (Å²) >= 11 is 5.34. The van der Waals surface area contributed by atoms with Crippen molar-refractivity contribution in [3.05, 3.63) is 83.9 Å². The van der Waals surface area contributed by atoms with Crippen LogP contribution in [0.25, 0.3) is 0 Å². The van der Waals surface area contributed by atoms with Gasteiger partial charge >= 0.3 is 5.97 Å². The smallest absolute Gasteiger partial charge is 0.333 e. The first-order valence-corrected chi connectivity index (χ1v) is 14.0. The van der Waals surface area contributed by atoms with Gasteiger partial charge in [-0.2, -0.15) is 0 Å². The molecule has 0 heterocycles. The number of benzene rings is 3. The molecule has 37 heavy (non-hydrogen) atoms. The molecule has 0 aliphatic rings. The first-order valence-electron chi connectivity index (χ1n) is 11.7. The molecule has 0 saturated heterocycles. The van der Waals surface area contributed by atoms with E-state index in [0.717, 1.165) is 23.1 Å². The Kier molecular flexibility index (Phi) is 10.0. The number of sulfone groups is 1. The number of hydrogen-bond donors (Lipinski definition) is 3. The van der Waals surface area contributed by atoms with Crippen molar-refractivity contribution in [2.24, 2.45) is 0 Å². The highest BCUT2D eigenvalue weighted by Crippen LogP contribution is 2.21. The number of hydrogen-bond acceptors (Lipinski definition) is 6. The monoisotopic (exact) mass is 542 g/mol. The molecule has 0 aromatic heterocycles. The Hall–Kier alpha value is -3.47. The van der Waals surface area contributed by atoms with Crippen LogP contribution in [-0.2, 0) is 32.2 Å². The van der Waals surface area contributed by atoms with E-state index in [1.54, 1.807) is 25.1 Å². The third-order valence-corrected chi connectivity index (χ3v) is 6.75. The van der Waals surface area contributed by atoms with Gasteiger partial charge in [-0.25, -0.2) is 13.2 Å². The molecule has 3 rings (SSSR count). The SMILES string of the molecule is CCOC(Cc1ccc(OCCc2ccc(NC(=S)Nc3ccccc3S(C)(=O)=O)cc2)cc1)C(=O)O. The molecule has 0 aliphatic carbocycles. The number of carboxylic acid groups (broad SMARTS) is 1. The largest absolute Gasteiger partial charge is 0.493 e. The zero-order valence-electron chi connectivity index (χ0n) is 20.6. The number of para-hydroxylation sites is 1. The fraction of sp³-hybridized carbons (Fsp3) is 0.259. The Morgan fingerprint density at radius 2 is 1.62 bits per heavy atom. The van der Waals surface area contributed by atoms with E-state index in [9.17, 15) is 18.3 Å². The van der Waals surface area contributed by atoms with Gasteiger partial charge in [-0.1, -0.05) is 36.4 Å². The molecule has 3 aromatic rings. The maximum absolute atomic E-state index is 12.0. The third kappa shape index (κ3) is 8.85. The summed E-state index contributed by atoms with van der Waals surface area (Å²) in [7, 11) is -3.39. The van der Waals surface area contributed by atoms with Crippen LogP contribution >= 0.6 is 12.2 Å². The second kappa shape index (κ2) is 13.2. The standard InChI is InChI=1S/C27H30N2O6S2/c1-3-34-24(26(30)31)18-20-10-14-22(15-11-20)35-17-16-19-8-12-21(13-9-19)28-27(36)29-23-6-4-5-7-25(23)37(2,32)33/h4-15,24H,3,16-18H2,1-2H3,(H,30,31)(H2,28,29,36). The molecule has 8 nitrogen and oxygen atoms in total. The second-order valence-corrected chi connectivity index (χ2v) is 10.7. The van der Waals surface area contributed by atoms with Gasteiger partial charge in [-0.15, -0.1) is 0 Å². The molecule has 10 heteroatoms. The number of rotatable bonds is 12. The predicted octanol–water partition coefficient (Wildman–Crippen LogP) is 4.55. The van der Waals surface area contributed by atoms with Gasteiger partial charge in [-0.3, -0.25) is 0 Å². The van der Waals surface area contributed by atoms with Crippen molar-refractivity contribution in [1.29, 1.82) is 0 Å². The van der Waals surface area contributed by atoms with E-state index in [1.807, 2.05) is 48.5 Å². The molecular formula is C27H30N2O6S2. The van der Waals surface area contributed by atoms with Crippen LogP contribution in [-0.4, -0.2) is 50.2 Å². The maximum atomic E-state index is 12.0. The van der Waals surface area contributed by atoms with Crippen molar-refractivity contribution < 1.29 is 27.8 Å². The third-order valence-electron chi connectivity index (χ3n) is 5.39. The molecule has 0 amide bonds. The van der Waals surface area contributed by atoms with Crippen molar-refractivity contribution in [2.75, 3.05) is 30.1 Å². The molecule has 3 aromatic carbocycles. The normalized spacial score (nSPS) is 11.9. The van der Waals surface area contributed by atoms with Gasteiger partial charge in [0.1, 0.15) is 5.75 Å². The Labute approximate surface area is 222 Å². The average molecular weight is 543 g/mol. The van der Waals surface area contributed by atoms with E-state index in [4.69, 9.17) is 21.7 Å². The molecule has 0 spiro atoms. The molecule has 0 bridgehead atoms. The lowest BCUT2D eigenvalue weighted by Gasteiger charge is -2.14. The number of nitrogens with one attached hydrogen (secondary N) is 2. The topological polar surface area (TPSA) is 114 Å². The highest BCUT2D eigenvalue weighted by atomic mass is 32.2. The molecular weight excluding hydrogens is 512 g/mol. The number of anilines is 2. The number of carbonyl (C=O) groups is 1. The van der Waals surface area contributed by atoms with Crippen molar-refractivity contribution in [1.82, 2.24) is 0 Å². The lowest BCUT2D eigenvalue weighted by Crippen LogP contribution is -2.26. The minimum atomic E-state index is -3.39. The van der Waals surface area contributed by atoms with Gasteiger partial charge in [0.2, 0.25) is 0 Å². The Morgan fingerprint density at radius 3 is 2.24 bits per heavy atom. The van der Waals surface area contributed by atoms with Crippen molar-refractivity contribution in [3.63, 3.8) is 0 Å². The van der Waals surface area contributed by atoms with Crippen LogP contribution in [0.15, 0.2) is 77.7 Å². The molecule has 0 radical (unpaired) electrons. The van der Waals surface area contributed by atoms with E-state index in [-0.39, 0.29) is 10.0 Å². The van der Waals surface area contributed by atoms with Gasteiger partial charge in [0.05, 0.1) is 17.2 Å². The van der Waals surface area contributed by atoms with Crippen molar-refractivity contribution in [3.8, 4) is 5.75 Å². The molecule has 1 atom stereocenters. The van der Waals surface area contributed by atoms with Crippen molar-refractivity contribution in [2.45, 2.75) is 30.8 Å². The number of carboxylic acids is 1. The fourth-order valence-corrected chi connectivity index (χ4v) is 4.65. The molecule has 0 fully saturated rings. The van der Waals surface area contributed by atoms with Crippen LogP contribution < -0.4 is 15.4 Å². The quantitative estimate of drug-likeness (QED) is 0.284. The van der Waals surface area contributed by atoms with Crippen molar-refractivity contribution >= 4 is 44.5 Å². The summed E-state index contributed by atoms with van der Waals surface area (Å²) in [6.45, 7) is 2.59. The lowest BCUT2D eigenvalue weighted by atomic mass is 10.1. The Morgan fingerprint density at radius 1 is 0.973 bits per heavy atom. The maximum Gasteiger partial charge on any atom is 0.333 e. The molecule has 0 aliphatic heterocycles. The average Bonchev–Trinajstić information content (AvgIpc) is 2.85. The highest BCUT2D eigenvalue weighted by molar-refractivity contribution is 7.90. The van der Waals surface area contributed by atoms with Gasteiger partial charge in [0, 0.05) is 31.4 Å². The van der Waals surface area contributed by atoms with Crippen LogP contribution in [0.5, 0.6) is 5.75 Å². The van der Waals surface area contributed by atoms with Crippen LogP contribution in [0, 0.1) is 0 Å². The predicted molar refractivity (Wildman–Crippen MR) is 148 cm³/mol. The van der Waals surface area contributed by atoms with Crippen LogP contribution in [0.1, 0.15) is 18.1 Å². The minimum Gasteiger partial charge on any atom is -0.493 e. The number of thiocarbonyl (C=S) groups is 1. The Balaban J connectivity index is 1.47. The molecule has 3 N–H and O–H groups in total. The van der Waals surface area contributed by atoms with Gasteiger partial charge in [-0.05, 0) is 66.7 Å². The van der Waals surface area contributed by atoms with Crippen LogP contribution in [0.2, 0.25) is 0 Å². The first kappa shape index (κ1) is 28.1. The summed E-state index contributed by atoms with van der Waals surface area (Å²) in [4.78, 5) is 11.4. The van der Waals surface area contributed by atoms with Crippen LogP contribution in [0.3, 0.4) is 0 Å². The number of aliphatic carboxylic acids is 1. The molecule has 196 valence electrons. The summed E-state index contributed by atoms with van der Waals surface area (Å²) in [5, 5.41) is 15.5. The van der Waals surface area contributed by atoms with Gasteiger partial charge < -0.3 is 25.2 Å². The first-order chi connectivity index (χ1) is 17.7. The Bertz CT molecular complexity index is 1310. The summed E-state index contributed by atoms with van der Waals surface area (Å²) in [6, 6.07) is 21.6. The number of ether oxygens (including phenoxy) is 2. The fourth-order valence-electron chi connectivity index (χ4n) is 3.57. The summed E-state index contributed by atoms with van der Waals surface area (Å²) in [5.41, 5.74) is 3.12. The summed E-state index contributed by atoms with van der Waals surface area (Å²) < 4.78 is 35.0. The van der Waals surface area contributed by atoms with Crippen LogP contribution in [0.4, 0.5) is 11.4 Å². The molecule has 0 saturated carbocycles. The van der Waals surface area contributed by atoms with E-state index in [1.165, 1.54) is 6.07 Å².